The first-order chi connectivity index (χ1) is 11.8. The second-order valence-electron chi connectivity index (χ2n) is 7.53. The Morgan fingerprint density at radius 1 is 1.33 bits per heavy atom. The molecule has 1 N–H and O–H groups in total. The van der Waals surface area contributed by atoms with E-state index < -0.39 is 0 Å². The summed E-state index contributed by atoms with van der Waals surface area (Å²) < 4.78 is 6.16. The molecule has 1 aromatic rings. The van der Waals surface area contributed by atoms with Gasteiger partial charge in [0.2, 0.25) is 0 Å². The molecule has 130 valence electrons. The van der Waals surface area contributed by atoms with Crippen LogP contribution in [0, 0.1) is 5.92 Å². The SMILES string of the molecule is O=C(NCC[C@@H]1CCOC12CN(C1CCCC1)C2)c1cccnc1. The molecule has 3 fully saturated rings. The van der Waals surface area contributed by atoms with Gasteiger partial charge in [-0.2, -0.15) is 0 Å². The summed E-state index contributed by atoms with van der Waals surface area (Å²) in [6, 6.07) is 4.39. The standard InChI is InChI=1S/C19H27N3O2/c23-18(15-4-3-9-20-12-15)21-10-7-16-8-11-24-19(16)13-22(14-19)17-5-1-2-6-17/h3-4,9,12,16-17H,1-2,5-8,10-11,13-14H2,(H,21,23)/t16-/m1/s1. The minimum Gasteiger partial charge on any atom is -0.372 e. The van der Waals surface area contributed by atoms with E-state index in [1.807, 2.05) is 0 Å². The highest BCUT2D eigenvalue weighted by molar-refractivity contribution is 5.93. The number of aromatic nitrogens is 1. The van der Waals surface area contributed by atoms with Gasteiger partial charge in [-0.15, -0.1) is 0 Å². The molecular weight excluding hydrogens is 302 g/mol. The summed E-state index contributed by atoms with van der Waals surface area (Å²) >= 11 is 0. The Morgan fingerprint density at radius 3 is 2.92 bits per heavy atom. The van der Waals surface area contributed by atoms with Crippen molar-refractivity contribution in [3.8, 4) is 0 Å². The first-order valence-corrected chi connectivity index (χ1v) is 9.33. The lowest BCUT2D eigenvalue weighted by molar-refractivity contribution is -0.146. The zero-order chi connectivity index (χ0) is 16.4. The second kappa shape index (κ2) is 6.81. The molecule has 3 aliphatic rings. The van der Waals surface area contributed by atoms with Crippen LogP contribution < -0.4 is 5.32 Å². The molecule has 1 amide bonds. The summed E-state index contributed by atoms with van der Waals surface area (Å²) in [5, 5.41) is 3.03. The fraction of sp³-hybridized carbons (Fsp3) is 0.684. The van der Waals surface area contributed by atoms with Gasteiger partial charge in [0.1, 0.15) is 0 Å². The fourth-order valence-corrected chi connectivity index (χ4v) is 4.67. The Labute approximate surface area is 143 Å². The number of ether oxygens (including phenoxy) is 1. The number of nitrogens with zero attached hydrogens (tertiary/aromatic N) is 2. The van der Waals surface area contributed by atoms with Gasteiger partial charge in [0.25, 0.3) is 5.91 Å². The first-order valence-electron chi connectivity index (χ1n) is 9.33. The number of nitrogens with one attached hydrogen (secondary N) is 1. The summed E-state index contributed by atoms with van der Waals surface area (Å²) in [5.41, 5.74) is 0.702. The zero-order valence-corrected chi connectivity index (χ0v) is 14.2. The van der Waals surface area contributed by atoms with Crippen LogP contribution in [0.25, 0.3) is 0 Å². The van der Waals surface area contributed by atoms with Crippen LogP contribution in [0.3, 0.4) is 0 Å². The van der Waals surface area contributed by atoms with E-state index in [4.69, 9.17) is 4.74 Å². The van der Waals surface area contributed by atoms with E-state index >= 15 is 0 Å². The topological polar surface area (TPSA) is 54.5 Å². The second-order valence-corrected chi connectivity index (χ2v) is 7.53. The third-order valence-electron chi connectivity index (χ3n) is 6.08. The number of likely N-dealkylation sites (tertiary alicyclic amines) is 1. The van der Waals surface area contributed by atoms with Crippen molar-refractivity contribution in [2.24, 2.45) is 5.92 Å². The average molecular weight is 329 g/mol. The Hall–Kier alpha value is -1.46. The maximum Gasteiger partial charge on any atom is 0.252 e. The number of rotatable bonds is 5. The molecule has 1 aliphatic carbocycles. The minimum absolute atomic E-state index is 0.0303. The molecular formula is C19H27N3O2. The normalized spacial score (nSPS) is 26.6. The average Bonchev–Trinajstić information content (AvgIpc) is 3.23. The van der Waals surface area contributed by atoms with Gasteiger partial charge in [-0.25, -0.2) is 0 Å². The maximum absolute atomic E-state index is 12.1. The number of hydrogen-bond acceptors (Lipinski definition) is 4. The summed E-state index contributed by atoms with van der Waals surface area (Å²) in [5.74, 6) is 0.543. The number of carbonyl (C=O) groups is 1. The van der Waals surface area contributed by atoms with Crippen molar-refractivity contribution in [1.29, 1.82) is 0 Å². The van der Waals surface area contributed by atoms with E-state index in [9.17, 15) is 4.79 Å². The first kappa shape index (κ1) is 16.0. The highest BCUT2D eigenvalue weighted by Gasteiger charge is 2.54. The molecule has 24 heavy (non-hydrogen) atoms. The highest BCUT2D eigenvalue weighted by Crippen LogP contribution is 2.44. The van der Waals surface area contributed by atoms with Crippen LogP contribution in [0.4, 0.5) is 0 Å². The summed E-state index contributed by atoms with van der Waals surface area (Å²) in [6.07, 6.45) is 10.9. The van der Waals surface area contributed by atoms with Crippen molar-refractivity contribution in [3.05, 3.63) is 30.1 Å². The van der Waals surface area contributed by atoms with Gasteiger partial charge in [0, 0.05) is 44.7 Å². The Balaban J connectivity index is 1.25. The fourth-order valence-electron chi connectivity index (χ4n) is 4.67. The van der Waals surface area contributed by atoms with E-state index in [2.05, 4.69) is 15.2 Å². The zero-order valence-electron chi connectivity index (χ0n) is 14.2. The largest absolute Gasteiger partial charge is 0.372 e. The molecule has 2 saturated heterocycles. The Bertz CT molecular complexity index is 565. The molecule has 2 aliphatic heterocycles. The molecule has 0 aromatic carbocycles. The molecule has 5 nitrogen and oxygen atoms in total. The van der Waals surface area contributed by atoms with Crippen molar-refractivity contribution in [1.82, 2.24) is 15.2 Å². The quantitative estimate of drug-likeness (QED) is 0.900. The lowest BCUT2D eigenvalue weighted by Crippen LogP contribution is -2.66. The van der Waals surface area contributed by atoms with E-state index in [1.165, 1.54) is 25.7 Å². The van der Waals surface area contributed by atoms with Gasteiger partial charge in [-0.05, 0) is 43.7 Å². The minimum atomic E-state index is -0.0303. The lowest BCUT2D eigenvalue weighted by atomic mass is 9.78. The third-order valence-corrected chi connectivity index (χ3v) is 6.08. The van der Waals surface area contributed by atoms with Crippen LogP contribution in [0.1, 0.15) is 48.9 Å². The van der Waals surface area contributed by atoms with Gasteiger partial charge >= 0.3 is 0 Å². The van der Waals surface area contributed by atoms with Crippen molar-refractivity contribution in [2.75, 3.05) is 26.2 Å². The molecule has 3 heterocycles. The predicted octanol–water partition coefficient (Wildman–Crippen LogP) is 2.23. The molecule has 1 spiro atoms. The maximum atomic E-state index is 12.1. The summed E-state index contributed by atoms with van der Waals surface area (Å²) in [4.78, 5) is 18.7. The monoisotopic (exact) mass is 329 g/mol. The summed E-state index contributed by atoms with van der Waals surface area (Å²) in [6.45, 7) is 3.78. The van der Waals surface area contributed by atoms with Crippen LogP contribution >= 0.6 is 0 Å². The van der Waals surface area contributed by atoms with Gasteiger partial charge in [-0.3, -0.25) is 14.7 Å². The van der Waals surface area contributed by atoms with Gasteiger partial charge < -0.3 is 10.1 Å². The number of amides is 1. The van der Waals surface area contributed by atoms with Crippen molar-refractivity contribution in [2.45, 2.75) is 50.2 Å². The number of hydrogen-bond donors (Lipinski definition) is 1. The van der Waals surface area contributed by atoms with Gasteiger partial charge in [0.15, 0.2) is 0 Å². The number of carbonyl (C=O) groups excluding carboxylic acids is 1. The van der Waals surface area contributed by atoms with E-state index in [0.717, 1.165) is 38.6 Å². The molecule has 1 aromatic heterocycles. The van der Waals surface area contributed by atoms with Crippen LogP contribution in [-0.4, -0.2) is 53.7 Å². The van der Waals surface area contributed by atoms with Crippen LogP contribution in [-0.2, 0) is 4.74 Å². The Morgan fingerprint density at radius 2 is 2.17 bits per heavy atom. The smallest absolute Gasteiger partial charge is 0.252 e. The van der Waals surface area contributed by atoms with Gasteiger partial charge in [0.05, 0.1) is 11.2 Å². The van der Waals surface area contributed by atoms with Crippen LogP contribution in [0.5, 0.6) is 0 Å². The third kappa shape index (κ3) is 3.07. The van der Waals surface area contributed by atoms with E-state index in [1.54, 1.807) is 24.5 Å². The molecule has 1 saturated carbocycles. The molecule has 4 rings (SSSR count). The predicted molar refractivity (Wildman–Crippen MR) is 91.8 cm³/mol. The van der Waals surface area contributed by atoms with Crippen LogP contribution in [0.15, 0.2) is 24.5 Å². The highest BCUT2D eigenvalue weighted by atomic mass is 16.5. The van der Waals surface area contributed by atoms with Crippen LogP contribution in [0.2, 0.25) is 0 Å². The van der Waals surface area contributed by atoms with Gasteiger partial charge in [-0.1, -0.05) is 12.8 Å². The molecule has 0 bridgehead atoms. The Kier molecular flexibility index (Phi) is 4.55. The molecule has 5 heteroatoms. The summed E-state index contributed by atoms with van der Waals surface area (Å²) in [7, 11) is 0. The molecule has 1 atom stereocenters. The molecule has 0 radical (unpaired) electrons. The van der Waals surface area contributed by atoms with Crippen molar-refractivity contribution < 1.29 is 9.53 Å². The molecule has 0 unspecified atom stereocenters. The van der Waals surface area contributed by atoms with E-state index in [0.29, 0.717) is 18.0 Å². The van der Waals surface area contributed by atoms with Crippen molar-refractivity contribution in [3.63, 3.8) is 0 Å². The van der Waals surface area contributed by atoms with E-state index in [-0.39, 0.29) is 11.5 Å². The number of pyridine rings is 1. The van der Waals surface area contributed by atoms with Crippen molar-refractivity contribution >= 4 is 5.91 Å². The lowest BCUT2D eigenvalue weighted by Gasteiger charge is -2.53.